The van der Waals surface area contributed by atoms with Gasteiger partial charge >= 0.3 is 6.03 Å². The number of fused-ring (bicyclic) bond motifs is 5. The molecule has 0 bridgehead atoms. The van der Waals surface area contributed by atoms with Crippen molar-refractivity contribution in [2.45, 2.75) is 44.1 Å². The quantitative estimate of drug-likeness (QED) is 0.368. The van der Waals surface area contributed by atoms with E-state index in [1.54, 1.807) is 18.7 Å². The van der Waals surface area contributed by atoms with E-state index in [2.05, 4.69) is 21.1 Å². The Labute approximate surface area is 234 Å². The second kappa shape index (κ2) is 10.6. The summed E-state index contributed by atoms with van der Waals surface area (Å²) in [5.74, 6) is -3.13. The predicted octanol–water partition coefficient (Wildman–Crippen LogP) is 0.265. The number of urea groups is 1. The standard InChI is InChI=1S/C26H32FN5O9/c1-12-8-32-18-14(7-26(20(32)13(2)40-12)22(34)28-24(36)29-23(26)35)6-15-17(31-41-19(15)16(18)27)21(33)30-25(9-37-3,10-38-4)11-39-5/h6,12-13,20H,7-11H2,1-5H3,(H,30,33)(H2,28,29,34,35,36)/t12-,13+,20-/m0/s1. The van der Waals surface area contributed by atoms with Crippen LogP contribution in [0, 0.1) is 11.2 Å². The molecule has 5 rings (SSSR count). The second-order valence-corrected chi connectivity index (χ2v) is 10.8. The van der Waals surface area contributed by atoms with Gasteiger partial charge in [-0.15, -0.1) is 0 Å². The van der Waals surface area contributed by atoms with Crippen molar-refractivity contribution in [3.63, 3.8) is 0 Å². The lowest BCUT2D eigenvalue weighted by atomic mass is 9.66. The minimum absolute atomic E-state index is 0.0376. The van der Waals surface area contributed by atoms with E-state index in [1.165, 1.54) is 27.4 Å². The van der Waals surface area contributed by atoms with E-state index in [0.717, 1.165) is 0 Å². The highest BCUT2D eigenvalue weighted by Gasteiger charge is 2.63. The van der Waals surface area contributed by atoms with Crippen LogP contribution in [0.2, 0.25) is 0 Å². The number of imide groups is 2. The summed E-state index contributed by atoms with van der Waals surface area (Å²) in [5.41, 5.74) is -3.01. The van der Waals surface area contributed by atoms with E-state index in [4.69, 9.17) is 23.5 Å². The number of rotatable bonds is 8. The van der Waals surface area contributed by atoms with Crippen molar-refractivity contribution in [2.75, 3.05) is 52.6 Å². The summed E-state index contributed by atoms with van der Waals surface area (Å²) in [5, 5.41) is 11.1. The van der Waals surface area contributed by atoms with Gasteiger partial charge in [-0.05, 0) is 25.5 Å². The average molecular weight is 578 g/mol. The fourth-order valence-electron chi connectivity index (χ4n) is 6.47. The van der Waals surface area contributed by atoms with Gasteiger partial charge < -0.3 is 33.7 Å². The molecule has 3 aliphatic heterocycles. The highest BCUT2D eigenvalue weighted by Crippen LogP contribution is 2.49. The van der Waals surface area contributed by atoms with Gasteiger partial charge in [0.05, 0.1) is 49.1 Å². The van der Waals surface area contributed by atoms with Crippen LogP contribution in [0.4, 0.5) is 14.9 Å². The highest BCUT2D eigenvalue weighted by atomic mass is 19.1. The van der Waals surface area contributed by atoms with Crippen LogP contribution in [0.1, 0.15) is 29.9 Å². The summed E-state index contributed by atoms with van der Waals surface area (Å²) >= 11 is 0. The number of methoxy groups -OCH3 is 3. The number of morpholine rings is 1. The van der Waals surface area contributed by atoms with Gasteiger partial charge in [0, 0.05) is 34.3 Å². The van der Waals surface area contributed by atoms with Crippen molar-refractivity contribution in [1.82, 2.24) is 21.1 Å². The molecule has 3 N–H and O–H groups in total. The van der Waals surface area contributed by atoms with Crippen LogP contribution < -0.4 is 20.9 Å². The van der Waals surface area contributed by atoms with Crippen molar-refractivity contribution in [3.8, 4) is 0 Å². The van der Waals surface area contributed by atoms with Crippen molar-refractivity contribution in [2.24, 2.45) is 5.41 Å². The lowest BCUT2D eigenvalue weighted by Gasteiger charge is -2.55. The zero-order chi connectivity index (χ0) is 29.7. The van der Waals surface area contributed by atoms with Crippen LogP contribution in [-0.2, 0) is 35.0 Å². The molecular formula is C26H32FN5O9. The third-order valence-corrected chi connectivity index (χ3v) is 7.82. The van der Waals surface area contributed by atoms with E-state index < -0.39 is 52.7 Å². The molecule has 2 saturated heterocycles. The molecule has 1 aromatic heterocycles. The van der Waals surface area contributed by atoms with Gasteiger partial charge in [0.15, 0.2) is 16.9 Å². The first kappa shape index (κ1) is 28.9. The zero-order valence-electron chi connectivity index (χ0n) is 23.3. The molecule has 222 valence electrons. The second-order valence-electron chi connectivity index (χ2n) is 10.8. The number of amides is 5. The molecule has 14 nitrogen and oxygen atoms in total. The number of halogens is 1. The summed E-state index contributed by atoms with van der Waals surface area (Å²) in [6.07, 6.45) is -1.32. The number of benzene rings is 1. The van der Waals surface area contributed by atoms with Crippen LogP contribution in [0.15, 0.2) is 10.6 Å². The molecule has 2 aromatic rings. The molecule has 0 radical (unpaired) electrons. The minimum atomic E-state index is -1.81. The average Bonchev–Trinajstić information content (AvgIpc) is 3.31. The first-order valence-corrected chi connectivity index (χ1v) is 13.0. The summed E-state index contributed by atoms with van der Waals surface area (Å²) in [6, 6.07) is -0.384. The number of barbiturate groups is 1. The summed E-state index contributed by atoms with van der Waals surface area (Å²) < 4.78 is 43.4. The van der Waals surface area contributed by atoms with E-state index in [1.807, 2.05) is 0 Å². The van der Waals surface area contributed by atoms with Crippen LogP contribution in [0.3, 0.4) is 0 Å². The predicted molar refractivity (Wildman–Crippen MR) is 139 cm³/mol. The van der Waals surface area contributed by atoms with Crippen molar-refractivity contribution in [1.29, 1.82) is 0 Å². The molecule has 4 heterocycles. The van der Waals surface area contributed by atoms with Crippen LogP contribution in [-0.4, -0.2) is 100 Å². The summed E-state index contributed by atoms with van der Waals surface area (Å²) in [7, 11) is 4.38. The van der Waals surface area contributed by atoms with Gasteiger partial charge in [-0.2, -0.15) is 0 Å². The molecular weight excluding hydrogens is 545 g/mol. The first-order valence-electron chi connectivity index (χ1n) is 13.0. The van der Waals surface area contributed by atoms with Crippen molar-refractivity contribution in [3.05, 3.63) is 23.1 Å². The summed E-state index contributed by atoms with van der Waals surface area (Å²) in [6.45, 7) is 3.75. The number of carbonyl (C=O) groups excluding carboxylic acids is 4. The number of hydrogen-bond donors (Lipinski definition) is 3. The number of nitrogens with zero attached hydrogens (tertiary/aromatic N) is 2. The molecule has 0 aliphatic carbocycles. The Morgan fingerprint density at radius 3 is 2.34 bits per heavy atom. The zero-order valence-corrected chi connectivity index (χ0v) is 23.3. The molecule has 0 saturated carbocycles. The molecule has 1 aromatic carbocycles. The highest BCUT2D eigenvalue weighted by molar-refractivity contribution is 6.20. The maximum Gasteiger partial charge on any atom is 0.328 e. The normalized spacial score (nSPS) is 23.7. The molecule has 3 aliphatic rings. The van der Waals surface area contributed by atoms with Crippen molar-refractivity contribution < 1.29 is 47.0 Å². The lowest BCUT2D eigenvalue weighted by molar-refractivity contribution is -0.153. The molecule has 3 atom stereocenters. The monoisotopic (exact) mass is 577 g/mol. The van der Waals surface area contributed by atoms with E-state index in [0.29, 0.717) is 0 Å². The Morgan fingerprint density at radius 2 is 1.76 bits per heavy atom. The van der Waals surface area contributed by atoms with E-state index in [9.17, 15) is 19.2 Å². The van der Waals surface area contributed by atoms with Gasteiger partial charge in [-0.3, -0.25) is 25.0 Å². The lowest BCUT2D eigenvalue weighted by Crippen LogP contribution is -2.75. The number of aromatic nitrogens is 1. The van der Waals surface area contributed by atoms with E-state index in [-0.39, 0.29) is 66.8 Å². The smallest absolute Gasteiger partial charge is 0.328 e. The number of ether oxygens (including phenoxy) is 4. The number of hydrogen-bond acceptors (Lipinski definition) is 11. The first-order chi connectivity index (χ1) is 19.5. The van der Waals surface area contributed by atoms with Gasteiger partial charge in [0.25, 0.3) is 5.91 Å². The fraction of sp³-hybridized carbons (Fsp3) is 0.577. The van der Waals surface area contributed by atoms with Crippen molar-refractivity contribution >= 4 is 40.4 Å². The number of carbonyl (C=O) groups is 4. The van der Waals surface area contributed by atoms with Gasteiger partial charge in [0.1, 0.15) is 5.54 Å². The Bertz CT molecular complexity index is 1370. The Balaban J connectivity index is 1.64. The van der Waals surface area contributed by atoms with E-state index >= 15 is 4.39 Å². The Morgan fingerprint density at radius 1 is 1.15 bits per heavy atom. The molecule has 15 heteroatoms. The number of anilines is 1. The minimum Gasteiger partial charge on any atom is -0.382 e. The molecule has 41 heavy (non-hydrogen) atoms. The van der Waals surface area contributed by atoms with Gasteiger partial charge in [-0.1, -0.05) is 5.16 Å². The van der Waals surface area contributed by atoms with Crippen LogP contribution >= 0.6 is 0 Å². The maximum absolute atomic E-state index is 16.3. The van der Waals surface area contributed by atoms with Crippen LogP contribution in [0.5, 0.6) is 0 Å². The topological polar surface area (TPSA) is 171 Å². The largest absolute Gasteiger partial charge is 0.382 e. The molecule has 5 amide bonds. The fourth-order valence-corrected chi connectivity index (χ4v) is 6.47. The Kier molecular flexibility index (Phi) is 7.48. The number of nitrogens with one attached hydrogen (secondary N) is 3. The van der Waals surface area contributed by atoms with Crippen LogP contribution in [0.25, 0.3) is 11.0 Å². The molecule has 1 spiro atoms. The SMILES string of the molecule is COCC(COC)(COC)NC(=O)c1noc2c(F)c3c(cc12)CC1(C(=O)NC(=O)NC1=O)[C@@H]1[C@@H](C)O[C@@H](C)CN31. The third-order valence-electron chi connectivity index (χ3n) is 7.82. The van der Waals surface area contributed by atoms with Gasteiger partial charge in [0.2, 0.25) is 17.4 Å². The van der Waals surface area contributed by atoms with Gasteiger partial charge in [-0.25, -0.2) is 9.18 Å². The maximum atomic E-state index is 16.3. The third kappa shape index (κ3) is 4.52. The molecule has 2 fully saturated rings. The summed E-state index contributed by atoms with van der Waals surface area (Å²) in [4.78, 5) is 53.8. The Hall–Kier alpha value is -3.66. The molecule has 0 unspecified atom stereocenters.